The van der Waals surface area contributed by atoms with Crippen LogP contribution in [0.1, 0.15) is 36.8 Å². The zero-order chi connectivity index (χ0) is 17.5. The molecule has 3 N–H and O–H groups in total. The quantitative estimate of drug-likeness (QED) is 0.381. The van der Waals surface area contributed by atoms with Gasteiger partial charge in [-0.3, -0.25) is 4.90 Å². The van der Waals surface area contributed by atoms with Crippen LogP contribution >= 0.6 is 24.0 Å². The minimum Gasteiger partial charge on any atom is -0.370 e. The Morgan fingerprint density at radius 3 is 2.50 bits per heavy atom. The van der Waals surface area contributed by atoms with Crippen molar-refractivity contribution in [3.05, 3.63) is 35.4 Å². The maximum atomic E-state index is 5.96. The van der Waals surface area contributed by atoms with E-state index in [4.69, 9.17) is 5.73 Å². The lowest BCUT2D eigenvalue weighted by Crippen LogP contribution is -2.37. The van der Waals surface area contributed by atoms with Gasteiger partial charge in [0.2, 0.25) is 0 Å². The van der Waals surface area contributed by atoms with Crippen molar-refractivity contribution in [2.75, 3.05) is 39.8 Å². The van der Waals surface area contributed by atoms with Gasteiger partial charge in [0.05, 0.1) is 6.54 Å². The van der Waals surface area contributed by atoms with Gasteiger partial charge in [0.15, 0.2) is 5.96 Å². The maximum absolute atomic E-state index is 5.96. The van der Waals surface area contributed by atoms with E-state index in [9.17, 15) is 0 Å². The summed E-state index contributed by atoms with van der Waals surface area (Å²) in [7, 11) is 2.21. The zero-order valence-corrected chi connectivity index (χ0v) is 18.3. The van der Waals surface area contributed by atoms with Crippen molar-refractivity contribution in [3.63, 3.8) is 0 Å². The minimum atomic E-state index is 0. The molecule has 1 aromatic carbocycles. The largest absolute Gasteiger partial charge is 0.370 e. The van der Waals surface area contributed by atoms with Gasteiger partial charge in [-0.1, -0.05) is 30.7 Å². The molecule has 0 spiro atoms. The zero-order valence-electron chi connectivity index (χ0n) is 16.0. The van der Waals surface area contributed by atoms with Gasteiger partial charge in [-0.2, -0.15) is 0 Å². The van der Waals surface area contributed by atoms with Crippen molar-refractivity contribution in [3.8, 4) is 0 Å². The maximum Gasteiger partial charge on any atom is 0.188 e. The monoisotopic (exact) mass is 471 g/mol. The van der Waals surface area contributed by atoms with Crippen molar-refractivity contribution in [2.45, 2.75) is 38.8 Å². The van der Waals surface area contributed by atoms with Gasteiger partial charge in [-0.25, -0.2) is 4.99 Å². The summed E-state index contributed by atoms with van der Waals surface area (Å²) in [5.41, 5.74) is 8.55. The fourth-order valence-corrected chi connectivity index (χ4v) is 3.44. The highest BCUT2D eigenvalue weighted by molar-refractivity contribution is 14.0. The van der Waals surface area contributed by atoms with Crippen LogP contribution in [0.3, 0.4) is 0 Å². The third-order valence-electron chi connectivity index (χ3n) is 5.47. The highest BCUT2D eigenvalue weighted by Crippen LogP contribution is 2.25. The summed E-state index contributed by atoms with van der Waals surface area (Å²) in [4.78, 5) is 9.43. The summed E-state index contributed by atoms with van der Waals surface area (Å²) in [6, 6.07) is 8.83. The molecular weight excluding hydrogens is 437 g/mol. The normalized spacial score (nSPS) is 20.1. The van der Waals surface area contributed by atoms with E-state index in [1.54, 1.807) is 0 Å². The first kappa shape index (κ1) is 21.4. The molecule has 5 nitrogen and oxygen atoms in total. The lowest BCUT2D eigenvalue weighted by atomic mass is 9.85. The molecule has 6 heteroatoms. The molecule has 0 aromatic heterocycles. The van der Waals surface area contributed by atoms with Crippen LogP contribution in [0, 0.1) is 5.92 Å². The van der Waals surface area contributed by atoms with E-state index in [-0.39, 0.29) is 24.0 Å². The van der Waals surface area contributed by atoms with Gasteiger partial charge >= 0.3 is 0 Å². The number of halogens is 1. The fourth-order valence-electron chi connectivity index (χ4n) is 3.44. The molecule has 0 radical (unpaired) electrons. The van der Waals surface area contributed by atoms with Crippen LogP contribution in [-0.2, 0) is 13.1 Å². The predicted octanol–water partition coefficient (Wildman–Crippen LogP) is 2.65. The lowest BCUT2D eigenvalue weighted by molar-refractivity contribution is 0.269. The molecule has 0 unspecified atom stereocenters. The molecule has 2 aliphatic rings. The van der Waals surface area contributed by atoms with E-state index in [1.165, 1.54) is 56.4 Å². The van der Waals surface area contributed by atoms with Crippen molar-refractivity contribution < 1.29 is 0 Å². The average Bonchev–Trinajstić information content (AvgIpc) is 2.77. The highest BCUT2D eigenvalue weighted by atomic mass is 127. The third kappa shape index (κ3) is 7.04. The van der Waals surface area contributed by atoms with Crippen LogP contribution in [0.15, 0.2) is 29.3 Å². The van der Waals surface area contributed by atoms with E-state index >= 15 is 0 Å². The Hall–Kier alpha value is -0.860. The molecule has 146 valence electrons. The predicted molar refractivity (Wildman–Crippen MR) is 120 cm³/mol. The standard InChI is InChI=1S/C20H33N5.HI/c1-24-10-3-11-25(13-12-24)16-19-8-6-18(7-9-19)15-23-20(21)22-14-17-4-2-5-17;/h6-9,17H,2-5,10-16H2,1H3,(H3,21,22,23);1H. The van der Waals surface area contributed by atoms with E-state index in [0.29, 0.717) is 12.5 Å². The molecule has 1 saturated heterocycles. The molecule has 0 amide bonds. The van der Waals surface area contributed by atoms with Crippen LogP contribution in [-0.4, -0.2) is 55.5 Å². The summed E-state index contributed by atoms with van der Waals surface area (Å²) in [5, 5.41) is 3.25. The van der Waals surface area contributed by atoms with Crippen molar-refractivity contribution in [2.24, 2.45) is 16.6 Å². The topological polar surface area (TPSA) is 56.9 Å². The Kier molecular flexibility index (Phi) is 9.15. The Bertz CT molecular complexity index is 556. The molecule has 0 atom stereocenters. The first-order valence-electron chi connectivity index (χ1n) is 9.71. The van der Waals surface area contributed by atoms with E-state index in [0.717, 1.165) is 25.6 Å². The Labute approximate surface area is 175 Å². The Morgan fingerprint density at radius 2 is 1.81 bits per heavy atom. The number of hydrogen-bond acceptors (Lipinski definition) is 3. The smallest absolute Gasteiger partial charge is 0.188 e. The first-order valence-corrected chi connectivity index (χ1v) is 9.71. The van der Waals surface area contributed by atoms with Gasteiger partial charge in [0, 0.05) is 26.2 Å². The van der Waals surface area contributed by atoms with Crippen LogP contribution < -0.4 is 11.1 Å². The van der Waals surface area contributed by atoms with Crippen molar-refractivity contribution in [1.29, 1.82) is 0 Å². The van der Waals surface area contributed by atoms with E-state index in [1.807, 2.05) is 0 Å². The third-order valence-corrected chi connectivity index (χ3v) is 5.47. The number of aliphatic imine (C=N–C) groups is 1. The molecule has 1 aliphatic carbocycles. The Balaban J connectivity index is 0.00000243. The lowest BCUT2D eigenvalue weighted by Gasteiger charge is -2.25. The molecule has 26 heavy (non-hydrogen) atoms. The van der Waals surface area contributed by atoms with Gasteiger partial charge in [-0.05, 0) is 56.4 Å². The number of hydrogen-bond donors (Lipinski definition) is 2. The molecule has 3 rings (SSSR count). The summed E-state index contributed by atoms with van der Waals surface area (Å²) >= 11 is 0. The number of rotatable bonds is 6. The van der Waals surface area contributed by atoms with Crippen LogP contribution in [0.25, 0.3) is 0 Å². The summed E-state index contributed by atoms with van der Waals surface area (Å²) in [5.74, 6) is 1.37. The highest BCUT2D eigenvalue weighted by Gasteiger charge is 2.16. The number of nitrogens with one attached hydrogen (secondary N) is 1. The van der Waals surface area contributed by atoms with Gasteiger partial charge in [-0.15, -0.1) is 24.0 Å². The van der Waals surface area contributed by atoms with E-state index in [2.05, 4.69) is 51.4 Å². The Morgan fingerprint density at radius 1 is 1.08 bits per heavy atom. The molecule has 1 aromatic rings. The van der Waals surface area contributed by atoms with Crippen molar-refractivity contribution >= 4 is 29.9 Å². The molecule has 2 fully saturated rings. The van der Waals surface area contributed by atoms with Gasteiger partial charge in [0.1, 0.15) is 0 Å². The van der Waals surface area contributed by atoms with E-state index < -0.39 is 0 Å². The summed E-state index contributed by atoms with van der Waals surface area (Å²) in [6.07, 6.45) is 5.28. The molecule has 1 saturated carbocycles. The number of nitrogens with two attached hydrogens (primary N) is 1. The molecule has 0 bridgehead atoms. The molecule has 1 aliphatic heterocycles. The molecular formula is C20H34IN5. The number of nitrogens with zero attached hydrogens (tertiary/aromatic N) is 3. The fraction of sp³-hybridized carbons (Fsp3) is 0.650. The van der Waals surface area contributed by atoms with Gasteiger partial charge in [0.25, 0.3) is 0 Å². The SMILES string of the molecule is CN1CCCN(Cc2ccc(CN=C(N)NCC3CCC3)cc2)CC1.I. The van der Waals surface area contributed by atoms with Crippen LogP contribution in [0.5, 0.6) is 0 Å². The molecule has 1 heterocycles. The minimum absolute atomic E-state index is 0. The van der Waals surface area contributed by atoms with Gasteiger partial charge < -0.3 is 16.0 Å². The summed E-state index contributed by atoms with van der Waals surface area (Å²) < 4.78 is 0. The second-order valence-corrected chi connectivity index (χ2v) is 7.63. The average molecular weight is 471 g/mol. The van der Waals surface area contributed by atoms with Crippen molar-refractivity contribution in [1.82, 2.24) is 15.1 Å². The first-order chi connectivity index (χ1) is 12.2. The number of likely N-dealkylation sites (N-methyl/N-ethyl adjacent to an activating group) is 1. The van der Waals surface area contributed by atoms with Crippen LogP contribution in [0.2, 0.25) is 0 Å². The number of guanidine groups is 1. The second kappa shape index (κ2) is 11.1. The summed E-state index contributed by atoms with van der Waals surface area (Å²) in [6.45, 7) is 7.40. The van der Waals surface area contributed by atoms with Crippen LogP contribution in [0.4, 0.5) is 0 Å². The number of benzene rings is 1. The second-order valence-electron chi connectivity index (χ2n) is 7.63.